The molecule has 0 radical (unpaired) electrons. The molecule has 2 aromatic heterocycles. The van der Waals surface area contributed by atoms with Gasteiger partial charge in [0.25, 0.3) is 11.8 Å². The van der Waals surface area contributed by atoms with Crippen molar-refractivity contribution in [3.8, 4) is 0 Å². The summed E-state index contributed by atoms with van der Waals surface area (Å²) in [5.41, 5.74) is 12.3. The maximum absolute atomic E-state index is 14.4. The van der Waals surface area contributed by atoms with Crippen LogP contribution in [0.25, 0.3) is 0 Å². The second-order valence-corrected chi connectivity index (χ2v) is 19.9. The maximum atomic E-state index is 14.4. The Morgan fingerprint density at radius 2 is 1.12 bits per heavy atom. The van der Waals surface area contributed by atoms with Crippen LogP contribution < -0.4 is 16.4 Å². The first kappa shape index (κ1) is 49.1. The highest BCUT2D eigenvalue weighted by atomic mass is 32.1. The summed E-state index contributed by atoms with van der Waals surface area (Å²) >= 11 is 2.43. The molecular weight excluding hydrogens is 879 g/mol. The van der Waals surface area contributed by atoms with Gasteiger partial charge in [0.15, 0.2) is 11.1 Å². The first-order chi connectivity index (χ1) is 30.6. The van der Waals surface area contributed by atoms with Gasteiger partial charge in [-0.15, -0.1) is 22.7 Å². The number of amides is 6. The predicted octanol–water partition coefficient (Wildman–Crippen LogP) is 4.61. The van der Waals surface area contributed by atoms with Crippen LogP contribution in [0.5, 0.6) is 0 Å². The van der Waals surface area contributed by atoms with Crippen LogP contribution in [0.1, 0.15) is 112 Å². The van der Waals surface area contributed by atoms with E-state index in [4.69, 9.17) is 30.9 Å². The largest absolute Gasteiger partial charge is 0.465 e. The SMILES string of the molecule is CO[C@H](C)[C@@H](C(=O)N1CCC[C@]1(C(N)=O)c1nc([C@@H]2CC[C@@H](c3csc([C@@]4(C(N)=O)CCCN4C(=O)[C@H]([C@@H](C)OC)N(C)C(=O)O)n3)N2c2ccc(C(C)(C)C)cc2)cs1)N(C)C(=O)O. The van der Waals surface area contributed by atoms with Gasteiger partial charge < -0.3 is 45.9 Å². The number of anilines is 1. The van der Waals surface area contributed by atoms with Gasteiger partial charge in [0.1, 0.15) is 22.1 Å². The summed E-state index contributed by atoms with van der Waals surface area (Å²) in [7, 11) is 5.33. The van der Waals surface area contributed by atoms with Gasteiger partial charge in [-0.25, -0.2) is 19.6 Å². The Bertz CT molecular complexity index is 2150. The number of aromatic nitrogens is 2. The van der Waals surface area contributed by atoms with E-state index in [0.29, 0.717) is 47.1 Å². The number of methoxy groups -OCH3 is 2. The first-order valence-electron chi connectivity index (χ1n) is 21.6. The fraction of sp³-hybridized carbons (Fsp3) is 0.591. The summed E-state index contributed by atoms with van der Waals surface area (Å²) in [6.45, 7) is 9.87. The third kappa shape index (κ3) is 8.62. The highest BCUT2D eigenvalue weighted by molar-refractivity contribution is 7.10. The molecule has 0 spiro atoms. The summed E-state index contributed by atoms with van der Waals surface area (Å²) < 4.78 is 10.9. The molecule has 3 aliphatic heterocycles. The molecule has 3 aliphatic rings. The lowest BCUT2D eigenvalue weighted by molar-refractivity contribution is -0.151. The molecule has 0 bridgehead atoms. The number of thiazole rings is 2. The molecule has 5 heterocycles. The number of nitrogens with two attached hydrogens (primary N) is 2. The predicted molar refractivity (Wildman–Crippen MR) is 242 cm³/mol. The van der Waals surface area contributed by atoms with Crippen molar-refractivity contribution in [1.29, 1.82) is 0 Å². The Labute approximate surface area is 386 Å². The lowest BCUT2D eigenvalue weighted by Crippen LogP contribution is -2.61. The average Bonchev–Trinajstić information content (AvgIpc) is 4.11. The number of nitrogens with zero attached hydrogens (tertiary/aromatic N) is 7. The van der Waals surface area contributed by atoms with E-state index < -0.39 is 71.2 Å². The third-order valence-electron chi connectivity index (χ3n) is 13.5. The van der Waals surface area contributed by atoms with Gasteiger partial charge in [-0.05, 0) is 75.5 Å². The second kappa shape index (κ2) is 18.8. The molecule has 354 valence electrons. The molecule has 19 nitrogen and oxygen atoms in total. The lowest BCUT2D eigenvalue weighted by Gasteiger charge is -2.39. The summed E-state index contributed by atoms with van der Waals surface area (Å²) in [4.78, 5) is 97.2. The van der Waals surface area contributed by atoms with Crippen molar-refractivity contribution in [2.24, 2.45) is 11.5 Å². The lowest BCUT2D eigenvalue weighted by atomic mass is 9.87. The molecule has 65 heavy (non-hydrogen) atoms. The number of benzene rings is 1. The first-order valence-corrected chi connectivity index (χ1v) is 23.3. The Balaban J connectivity index is 1.41. The molecule has 3 fully saturated rings. The van der Waals surface area contributed by atoms with E-state index in [1.807, 2.05) is 22.9 Å². The van der Waals surface area contributed by atoms with E-state index in [9.17, 15) is 39.0 Å². The van der Waals surface area contributed by atoms with E-state index in [1.165, 1.54) is 60.8 Å². The molecule has 8 atom stereocenters. The fourth-order valence-electron chi connectivity index (χ4n) is 9.72. The molecule has 6 N–H and O–H groups in total. The monoisotopic (exact) mass is 939 g/mol. The quantitative estimate of drug-likeness (QED) is 0.163. The van der Waals surface area contributed by atoms with Crippen molar-refractivity contribution in [2.75, 3.05) is 46.3 Å². The number of carbonyl (C=O) groups excluding carboxylic acids is 4. The van der Waals surface area contributed by atoms with Crippen LogP contribution in [-0.2, 0) is 45.1 Å². The van der Waals surface area contributed by atoms with Crippen molar-refractivity contribution in [3.63, 3.8) is 0 Å². The number of carboxylic acid groups (broad SMARTS) is 2. The molecule has 0 unspecified atom stereocenters. The molecule has 3 saturated heterocycles. The van der Waals surface area contributed by atoms with E-state index in [0.717, 1.165) is 21.1 Å². The van der Waals surface area contributed by atoms with Crippen LogP contribution in [-0.4, -0.2) is 141 Å². The number of rotatable bonds is 15. The third-order valence-corrected chi connectivity index (χ3v) is 15.6. The maximum Gasteiger partial charge on any atom is 0.407 e. The molecular formula is C44H61N9O10S2. The Hall–Kier alpha value is -5.38. The van der Waals surface area contributed by atoms with Gasteiger partial charge in [0, 0.05) is 57.9 Å². The van der Waals surface area contributed by atoms with Crippen molar-refractivity contribution in [2.45, 2.75) is 126 Å². The number of ether oxygens (including phenoxy) is 2. The zero-order chi connectivity index (χ0) is 47.9. The average molecular weight is 940 g/mol. The van der Waals surface area contributed by atoms with Crippen LogP contribution >= 0.6 is 22.7 Å². The number of carbonyl (C=O) groups is 6. The normalized spacial score (nSPS) is 24.1. The molecule has 21 heteroatoms. The van der Waals surface area contributed by atoms with Gasteiger partial charge in [-0.2, -0.15) is 0 Å². The number of likely N-dealkylation sites (N-methyl/N-ethyl adjacent to an activating group) is 2. The zero-order valence-corrected chi connectivity index (χ0v) is 40.0. The summed E-state index contributed by atoms with van der Waals surface area (Å²) in [5, 5.41) is 24.1. The molecule has 0 saturated carbocycles. The summed E-state index contributed by atoms with van der Waals surface area (Å²) in [6, 6.07) is 5.00. The summed E-state index contributed by atoms with van der Waals surface area (Å²) in [5.74, 6) is -2.79. The minimum absolute atomic E-state index is 0.129. The molecule has 6 amide bonds. The summed E-state index contributed by atoms with van der Waals surface area (Å²) in [6.07, 6.45) is -1.93. The Morgan fingerprint density at radius 3 is 1.45 bits per heavy atom. The number of primary amides is 2. The van der Waals surface area contributed by atoms with Crippen LogP contribution in [0.15, 0.2) is 35.0 Å². The van der Waals surface area contributed by atoms with Gasteiger partial charge in [-0.3, -0.25) is 29.0 Å². The standard InChI is InChI=1S/C44H61N9O10S2/c1-24(62-8)32(49(6)40(58)59)34(54)51-20-10-18-43(51,36(45)56)38-47-28(22-64-38)30-16-17-31(53(30)27-14-12-26(13-15-27)42(3,4)5)29-23-65-39(48-29)44(37(46)57)19-11-21-52(44)35(55)33(25(2)63-9)50(7)41(60)61/h12-15,22-25,30-33H,10-11,16-21H2,1-9H3,(H2,45,56)(H2,46,57)(H,58,59)(H,60,61)/t24-,25-,30+,31+,32+,33+,43+,44+/m1/s1. The molecule has 1 aromatic carbocycles. The number of hydrogen-bond donors (Lipinski definition) is 4. The van der Waals surface area contributed by atoms with E-state index >= 15 is 0 Å². The minimum atomic E-state index is -1.64. The van der Waals surface area contributed by atoms with Crippen LogP contribution in [0.2, 0.25) is 0 Å². The van der Waals surface area contributed by atoms with Crippen molar-refractivity contribution >= 4 is 64.2 Å². The van der Waals surface area contributed by atoms with Gasteiger partial charge >= 0.3 is 12.2 Å². The van der Waals surface area contributed by atoms with Gasteiger partial charge in [-0.1, -0.05) is 32.9 Å². The minimum Gasteiger partial charge on any atom is -0.465 e. The smallest absolute Gasteiger partial charge is 0.407 e. The van der Waals surface area contributed by atoms with Gasteiger partial charge in [0.2, 0.25) is 11.8 Å². The van der Waals surface area contributed by atoms with Crippen molar-refractivity contribution in [1.82, 2.24) is 29.6 Å². The molecule has 6 rings (SSSR count). The highest BCUT2D eigenvalue weighted by Crippen LogP contribution is 2.50. The highest BCUT2D eigenvalue weighted by Gasteiger charge is 2.57. The van der Waals surface area contributed by atoms with Crippen molar-refractivity contribution < 1.29 is 48.5 Å². The molecule has 3 aromatic rings. The number of likely N-dealkylation sites (tertiary alicyclic amines) is 2. The van der Waals surface area contributed by atoms with Gasteiger partial charge in [0.05, 0.1) is 35.7 Å². The fourth-order valence-corrected chi connectivity index (χ4v) is 11.9. The van der Waals surface area contributed by atoms with Crippen LogP contribution in [0.3, 0.4) is 0 Å². The topological polar surface area (TPSA) is 255 Å². The Morgan fingerprint density at radius 1 is 0.738 bits per heavy atom. The van der Waals surface area contributed by atoms with E-state index in [2.05, 4.69) is 37.8 Å². The second-order valence-electron chi connectivity index (χ2n) is 18.2. The number of hydrogen-bond acceptors (Lipinski definition) is 13. The van der Waals surface area contributed by atoms with Crippen molar-refractivity contribution in [3.05, 3.63) is 62.0 Å². The Kier molecular flexibility index (Phi) is 14.2. The van der Waals surface area contributed by atoms with Crippen LogP contribution in [0, 0.1) is 0 Å². The zero-order valence-electron chi connectivity index (χ0n) is 38.3. The van der Waals surface area contributed by atoms with E-state index in [1.54, 1.807) is 13.8 Å². The van der Waals surface area contributed by atoms with E-state index in [-0.39, 0.29) is 43.4 Å². The van der Waals surface area contributed by atoms with Crippen LogP contribution in [0.4, 0.5) is 15.3 Å². The molecule has 0 aliphatic carbocycles.